The number of carbonyl (C=O) groups is 1. The predicted molar refractivity (Wildman–Crippen MR) is 127 cm³/mol. The number of aromatic nitrogens is 1. The van der Waals surface area contributed by atoms with Crippen molar-refractivity contribution in [3.63, 3.8) is 0 Å². The first-order valence-corrected chi connectivity index (χ1v) is 11.9. The molecule has 0 aliphatic carbocycles. The van der Waals surface area contributed by atoms with Crippen LogP contribution in [-0.2, 0) is 17.8 Å². The molecule has 1 amide bonds. The van der Waals surface area contributed by atoms with Crippen molar-refractivity contribution in [1.29, 1.82) is 0 Å². The fourth-order valence-corrected chi connectivity index (χ4v) is 3.89. The highest BCUT2D eigenvalue weighted by Gasteiger charge is 2.23. The number of hydrogen-bond donors (Lipinski definition) is 1. The molecule has 1 fully saturated rings. The molecule has 0 spiro atoms. The number of aliphatic hydroxyl groups excluding tert-OH is 1. The van der Waals surface area contributed by atoms with Crippen molar-refractivity contribution >= 4 is 5.91 Å². The highest BCUT2D eigenvalue weighted by Crippen LogP contribution is 2.13. The average Bonchev–Trinajstić information content (AvgIpc) is 3.27. The minimum absolute atomic E-state index is 0.116. The molecule has 1 unspecified atom stereocenters. The first-order valence-electron chi connectivity index (χ1n) is 11.9. The van der Waals surface area contributed by atoms with Gasteiger partial charge in [0.15, 0.2) is 5.69 Å². The quantitative estimate of drug-likeness (QED) is 0.523. The SMILES string of the molecule is CCN(Cc1ccccc1)C(=O)c1coc(CN2CCN(CC(O)COCC(C)C)CC2)n1. The molecule has 1 aromatic carbocycles. The second-order valence-electron chi connectivity index (χ2n) is 9.09. The average molecular weight is 459 g/mol. The molecule has 0 saturated carbocycles. The van der Waals surface area contributed by atoms with Crippen LogP contribution >= 0.6 is 0 Å². The van der Waals surface area contributed by atoms with E-state index in [1.165, 1.54) is 6.26 Å². The van der Waals surface area contributed by atoms with Crippen molar-refractivity contribution in [3.8, 4) is 0 Å². The standard InChI is InChI=1S/C25H38N4O4/c1-4-29(14-21-8-6-5-7-9-21)25(31)23-19-33-24(26-23)16-28-12-10-27(11-13-28)15-22(30)18-32-17-20(2)3/h5-9,19-20,22,30H,4,10-18H2,1-3H3. The summed E-state index contributed by atoms with van der Waals surface area (Å²) in [5.41, 5.74) is 1.44. The number of hydrogen-bond acceptors (Lipinski definition) is 7. The van der Waals surface area contributed by atoms with Gasteiger partial charge in [0.05, 0.1) is 19.3 Å². The van der Waals surface area contributed by atoms with Crippen molar-refractivity contribution < 1.29 is 19.1 Å². The molecule has 8 heteroatoms. The van der Waals surface area contributed by atoms with Crippen LogP contribution in [0, 0.1) is 5.92 Å². The van der Waals surface area contributed by atoms with Gasteiger partial charge in [0.1, 0.15) is 6.26 Å². The van der Waals surface area contributed by atoms with Crippen LogP contribution in [0.4, 0.5) is 0 Å². The van der Waals surface area contributed by atoms with E-state index < -0.39 is 6.10 Å². The van der Waals surface area contributed by atoms with Gasteiger partial charge in [-0.1, -0.05) is 44.2 Å². The Morgan fingerprint density at radius 2 is 1.85 bits per heavy atom. The Hall–Kier alpha value is -2.26. The third kappa shape index (κ3) is 8.23. The first kappa shape index (κ1) is 25.4. The predicted octanol–water partition coefficient (Wildman–Crippen LogP) is 2.49. The Bertz CT molecular complexity index is 834. The Kier molecular flexibility index (Phi) is 9.87. The smallest absolute Gasteiger partial charge is 0.276 e. The summed E-state index contributed by atoms with van der Waals surface area (Å²) >= 11 is 0. The summed E-state index contributed by atoms with van der Waals surface area (Å²) in [6.45, 7) is 13.0. The number of amides is 1. The molecule has 3 rings (SSSR count). The number of benzene rings is 1. The maximum atomic E-state index is 12.9. The van der Waals surface area contributed by atoms with Crippen molar-refractivity contribution in [2.75, 3.05) is 52.5 Å². The molecule has 33 heavy (non-hydrogen) atoms. The summed E-state index contributed by atoms with van der Waals surface area (Å²) < 4.78 is 11.2. The normalized spacial score (nSPS) is 16.3. The Morgan fingerprint density at radius 1 is 1.15 bits per heavy atom. The fourth-order valence-electron chi connectivity index (χ4n) is 3.89. The van der Waals surface area contributed by atoms with Gasteiger partial charge < -0.3 is 19.2 Å². The Labute approximate surface area is 197 Å². The molecule has 1 N–H and O–H groups in total. The number of ether oxygens (including phenoxy) is 1. The number of carbonyl (C=O) groups excluding carboxylic acids is 1. The number of aliphatic hydroxyl groups is 1. The highest BCUT2D eigenvalue weighted by molar-refractivity contribution is 5.91. The van der Waals surface area contributed by atoms with Crippen LogP contribution in [0.2, 0.25) is 0 Å². The topological polar surface area (TPSA) is 82.3 Å². The molecule has 1 aliphatic heterocycles. The lowest BCUT2D eigenvalue weighted by atomic mass is 10.2. The van der Waals surface area contributed by atoms with Crippen molar-refractivity contribution in [3.05, 3.63) is 53.7 Å². The van der Waals surface area contributed by atoms with Gasteiger partial charge in [0.2, 0.25) is 5.89 Å². The highest BCUT2D eigenvalue weighted by atomic mass is 16.5. The lowest BCUT2D eigenvalue weighted by Crippen LogP contribution is -2.48. The van der Waals surface area contributed by atoms with Crippen LogP contribution in [0.5, 0.6) is 0 Å². The third-order valence-corrected chi connectivity index (χ3v) is 5.71. The fraction of sp³-hybridized carbons (Fsp3) is 0.600. The van der Waals surface area contributed by atoms with E-state index >= 15 is 0 Å². The monoisotopic (exact) mass is 458 g/mol. The molecule has 0 bridgehead atoms. The number of oxazole rings is 1. The summed E-state index contributed by atoms with van der Waals surface area (Å²) in [5, 5.41) is 10.2. The molecule has 2 aromatic rings. The summed E-state index contributed by atoms with van der Waals surface area (Å²) in [6, 6.07) is 9.95. The van der Waals surface area contributed by atoms with E-state index in [9.17, 15) is 9.90 Å². The summed E-state index contributed by atoms with van der Waals surface area (Å²) in [7, 11) is 0. The Balaban J connectivity index is 1.43. The van der Waals surface area contributed by atoms with E-state index in [-0.39, 0.29) is 5.91 Å². The minimum Gasteiger partial charge on any atom is -0.447 e. The molecule has 1 aromatic heterocycles. The largest absolute Gasteiger partial charge is 0.447 e. The summed E-state index contributed by atoms with van der Waals surface area (Å²) in [4.78, 5) is 23.6. The van der Waals surface area contributed by atoms with Gasteiger partial charge in [-0.3, -0.25) is 14.6 Å². The van der Waals surface area contributed by atoms with Crippen LogP contribution in [0.1, 0.15) is 42.7 Å². The molecular weight excluding hydrogens is 420 g/mol. The Morgan fingerprint density at radius 3 is 2.52 bits per heavy atom. The van der Waals surface area contributed by atoms with E-state index in [2.05, 4.69) is 28.6 Å². The zero-order valence-corrected chi connectivity index (χ0v) is 20.2. The minimum atomic E-state index is -0.465. The van der Waals surface area contributed by atoms with Gasteiger partial charge >= 0.3 is 0 Å². The van der Waals surface area contributed by atoms with Crippen molar-refractivity contribution in [1.82, 2.24) is 19.7 Å². The molecular formula is C25H38N4O4. The molecule has 1 aliphatic rings. The van der Waals surface area contributed by atoms with E-state index in [0.717, 1.165) is 31.7 Å². The molecule has 0 radical (unpaired) electrons. The zero-order valence-electron chi connectivity index (χ0n) is 20.2. The summed E-state index contributed by atoms with van der Waals surface area (Å²) in [5.74, 6) is 0.917. The second-order valence-corrected chi connectivity index (χ2v) is 9.09. The molecule has 8 nitrogen and oxygen atoms in total. The maximum Gasteiger partial charge on any atom is 0.276 e. The lowest BCUT2D eigenvalue weighted by molar-refractivity contribution is -0.000850. The molecule has 1 saturated heterocycles. The van der Waals surface area contributed by atoms with Gasteiger partial charge in [-0.2, -0.15) is 0 Å². The first-order chi connectivity index (χ1) is 15.9. The maximum absolute atomic E-state index is 12.9. The van der Waals surface area contributed by atoms with E-state index in [1.807, 2.05) is 37.3 Å². The van der Waals surface area contributed by atoms with E-state index in [0.29, 0.717) is 56.9 Å². The van der Waals surface area contributed by atoms with Gasteiger partial charge in [0.25, 0.3) is 5.91 Å². The number of nitrogens with zero attached hydrogens (tertiary/aromatic N) is 4. The number of rotatable bonds is 12. The zero-order chi connectivity index (χ0) is 23.6. The van der Waals surface area contributed by atoms with Gasteiger partial charge in [-0.25, -0.2) is 4.98 Å². The van der Waals surface area contributed by atoms with Crippen LogP contribution in [0.3, 0.4) is 0 Å². The van der Waals surface area contributed by atoms with E-state index in [1.54, 1.807) is 4.90 Å². The molecule has 182 valence electrons. The van der Waals surface area contributed by atoms with Crippen LogP contribution in [0.25, 0.3) is 0 Å². The number of β-amino-alcohol motifs (C(OH)–C–C–N with tert-alkyl or cyclic N) is 1. The van der Waals surface area contributed by atoms with Crippen LogP contribution < -0.4 is 0 Å². The van der Waals surface area contributed by atoms with Crippen LogP contribution in [-0.4, -0.2) is 89.3 Å². The van der Waals surface area contributed by atoms with Gasteiger partial charge in [-0.15, -0.1) is 0 Å². The molecule has 1 atom stereocenters. The van der Waals surface area contributed by atoms with Crippen LogP contribution in [0.15, 0.2) is 41.0 Å². The lowest BCUT2D eigenvalue weighted by Gasteiger charge is -2.34. The molecule has 2 heterocycles. The van der Waals surface area contributed by atoms with E-state index in [4.69, 9.17) is 9.15 Å². The second kappa shape index (κ2) is 12.8. The van der Waals surface area contributed by atoms with Crippen molar-refractivity contribution in [2.45, 2.75) is 40.0 Å². The van der Waals surface area contributed by atoms with Gasteiger partial charge in [-0.05, 0) is 18.4 Å². The summed E-state index contributed by atoms with van der Waals surface area (Å²) in [6.07, 6.45) is 1.00. The van der Waals surface area contributed by atoms with Gasteiger partial charge in [0, 0.05) is 52.4 Å². The third-order valence-electron chi connectivity index (χ3n) is 5.71. The number of piperazine rings is 1. The van der Waals surface area contributed by atoms with Crippen molar-refractivity contribution in [2.24, 2.45) is 5.92 Å².